The average molecular weight is 394 g/mol. The van der Waals surface area contributed by atoms with Crippen LogP contribution in [0.1, 0.15) is 29.0 Å². The summed E-state index contributed by atoms with van der Waals surface area (Å²) in [6.07, 6.45) is -4.86. The maximum Gasteiger partial charge on any atom is 0.416 e. The number of benzene rings is 1. The van der Waals surface area contributed by atoms with Crippen molar-refractivity contribution in [3.05, 3.63) is 51.3 Å². The number of H-pyrrole nitrogens is 1. The lowest BCUT2D eigenvalue weighted by molar-refractivity contribution is -0.138. The van der Waals surface area contributed by atoms with Gasteiger partial charge in [-0.1, -0.05) is 18.2 Å². The Balaban J connectivity index is 1.82. The van der Waals surface area contributed by atoms with Gasteiger partial charge in [0.15, 0.2) is 0 Å². The number of anilines is 2. The second-order valence-corrected chi connectivity index (χ2v) is 6.64. The van der Waals surface area contributed by atoms with Crippen molar-refractivity contribution in [1.29, 1.82) is 0 Å². The SMILES string of the molecule is O=C1CC(c2ccccc2C(F)(F)F)c2c(nc(N3CCOCC3)[nH]c2=O)N1. The minimum Gasteiger partial charge on any atom is -0.378 e. The molecule has 2 N–H and O–H groups in total. The summed E-state index contributed by atoms with van der Waals surface area (Å²) in [6.45, 7) is 1.95. The first-order valence-electron chi connectivity index (χ1n) is 8.77. The fourth-order valence-corrected chi connectivity index (χ4v) is 3.61. The quantitative estimate of drug-likeness (QED) is 0.815. The highest BCUT2D eigenvalue weighted by Gasteiger charge is 2.39. The van der Waals surface area contributed by atoms with Crippen molar-refractivity contribution in [1.82, 2.24) is 9.97 Å². The number of aromatic nitrogens is 2. The molecule has 3 heterocycles. The molecular weight excluding hydrogens is 377 g/mol. The molecule has 0 bridgehead atoms. The molecule has 0 aliphatic carbocycles. The lowest BCUT2D eigenvalue weighted by atomic mass is 9.84. The van der Waals surface area contributed by atoms with E-state index in [0.29, 0.717) is 26.3 Å². The number of rotatable bonds is 2. The van der Waals surface area contributed by atoms with Gasteiger partial charge in [-0.3, -0.25) is 14.6 Å². The Labute approximate surface area is 157 Å². The summed E-state index contributed by atoms with van der Waals surface area (Å²) in [4.78, 5) is 33.7. The number of aromatic amines is 1. The zero-order valence-corrected chi connectivity index (χ0v) is 14.7. The number of alkyl halides is 3. The molecule has 28 heavy (non-hydrogen) atoms. The Morgan fingerprint density at radius 1 is 1.14 bits per heavy atom. The number of nitrogens with one attached hydrogen (secondary N) is 2. The molecule has 2 aliphatic rings. The maximum absolute atomic E-state index is 13.5. The average Bonchev–Trinajstić information content (AvgIpc) is 2.67. The number of ether oxygens (including phenoxy) is 1. The summed E-state index contributed by atoms with van der Waals surface area (Å²) in [5.41, 5.74) is -1.50. The Kier molecular flexibility index (Phi) is 4.58. The highest BCUT2D eigenvalue weighted by molar-refractivity contribution is 5.94. The number of hydrogen-bond acceptors (Lipinski definition) is 5. The molecule has 1 amide bonds. The van der Waals surface area contributed by atoms with Crippen LogP contribution in [0, 0.1) is 0 Å². The van der Waals surface area contributed by atoms with E-state index in [1.54, 1.807) is 4.90 Å². The molecule has 0 radical (unpaired) electrons. The summed E-state index contributed by atoms with van der Waals surface area (Å²) >= 11 is 0. The Hall–Kier alpha value is -2.88. The first kappa shape index (κ1) is 18.5. The van der Waals surface area contributed by atoms with Crippen molar-refractivity contribution >= 4 is 17.7 Å². The number of morpholine rings is 1. The highest BCUT2D eigenvalue weighted by atomic mass is 19.4. The van der Waals surface area contributed by atoms with Gasteiger partial charge in [-0.05, 0) is 11.6 Å². The number of nitrogens with zero attached hydrogens (tertiary/aromatic N) is 2. The van der Waals surface area contributed by atoms with E-state index >= 15 is 0 Å². The van der Waals surface area contributed by atoms with Crippen LogP contribution in [0.15, 0.2) is 29.1 Å². The van der Waals surface area contributed by atoms with Gasteiger partial charge in [0.1, 0.15) is 5.82 Å². The summed E-state index contributed by atoms with van der Waals surface area (Å²) < 4.78 is 45.7. The molecule has 2 aliphatic heterocycles. The van der Waals surface area contributed by atoms with Crippen LogP contribution < -0.4 is 15.8 Å². The monoisotopic (exact) mass is 394 g/mol. The summed E-state index contributed by atoms with van der Waals surface area (Å²) in [5.74, 6) is -1.25. The molecule has 0 spiro atoms. The zero-order chi connectivity index (χ0) is 19.9. The van der Waals surface area contributed by atoms with Gasteiger partial charge in [-0.15, -0.1) is 0 Å². The topological polar surface area (TPSA) is 87.3 Å². The van der Waals surface area contributed by atoms with Crippen LogP contribution in [0.4, 0.5) is 24.9 Å². The first-order chi connectivity index (χ1) is 13.3. The van der Waals surface area contributed by atoms with Gasteiger partial charge in [-0.25, -0.2) is 0 Å². The molecule has 1 atom stereocenters. The Morgan fingerprint density at radius 2 is 1.86 bits per heavy atom. The molecule has 1 fully saturated rings. The minimum absolute atomic E-state index is 0.00321. The molecule has 2 aromatic rings. The van der Waals surface area contributed by atoms with E-state index in [-0.39, 0.29) is 29.3 Å². The number of carbonyl (C=O) groups is 1. The third-order valence-electron chi connectivity index (χ3n) is 4.89. The Bertz CT molecular complexity index is 967. The number of hydrogen-bond donors (Lipinski definition) is 2. The maximum atomic E-state index is 13.5. The van der Waals surface area contributed by atoms with Gasteiger partial charge in [0.2, 0.25) is 11.9 Å². The smallest absolute Gasteiger partial charge is 0.378 e. The van der Waals surface area contributed by atoms with E-state index in [0.717, 1.165) is 6.07 Å². The van der Waals surface area contributed by atoms with E-state index in [2.05, 4.69) is 15.3 Å². The molecule has 1 saturated heterocycles. The number of halogens is 3. The molecule has 1 aromatic carbocycles. The number of carbonyl (C=O) groups excluding carboxylic acids is 1. The fraction of sp³-hybridized carbons (Fsp3) is 0.389. The molecule has 148 valence electrons. The summed E-state index contributed by atoms with van der Waals surface area (Å²) in [5, 5.41) is 2.53. The molecule has 1 aromatic heterocycles. The van der Waals surface area contributed by atoms with Gasteiger partial charge in [-0.2, -0.15) is 18.2 Å². The second kappa shape index (κ2) is 6.93. The molecule has 0 saturated carbocycles. The van der Waals surface area contributed by atoms with Crippen LogP contribution in [-0.2, 0) is 15.7 Å². The fourth-order valence-electron chi connectivity index (χ4n) is 3.61. The van der Waals surface area contributed by atoms with Gasteiger partial charge in [0.25, 0.3) is 5.56 Å². The van der Waals surface area contributed by atoms with Crippen molar-refractivity contribution in [3.8, 4) is 0 Å². The minimum atomic E-state index is -4.60. The lowest BCUT2D eigenvalue weighted by Crippen LogP contribution is -2.40. The van der Waals surface area contributed by atoms with E-state index in [4.69, 9.17) is 4.74 Å². The van der Waals surface area contributed by atoms with E-state index in [9.17, 15) is 22.8 Å². The third-order valence-corrected chi connectivity index (χ3v) is 4.89. The lowest BCUT2D eigenvalue weighted by Gasteiger charge is -2.30. The molecule has 7 nitrogen and oxygen atoms in total. The van der Waals surface area contributed by atoms with E-state index in [1.165, 1.54) is 18.2 Å². The highest BCUT2D eigenvalue weighted by Crippen LogP contribution is 2.41. The van der Waals surface area contributed by atoms with Gasteiger partial charge < -0.3 is 15.0 Å². The van der Waals surface area contributed by atoms with Crippen molar-refractivity contribution in [2.24, 2.45) is 0 Å². The summed E-state index contributed by atoms with van der Waals surface area (Å²) in [7, 11) is 0. The van der Waals surface area contributed by atoms with Gasteiger partial charge in [0, 0.05) is 25.4 Å². The normalized spacial score (nSPS) is 19.9. The van der Waals surface area contributed by atoms with Crippen molar-refractivity contribution in [2.75, 3.05) is 36.5 Å². The Morgan fingerprint density at radius 3 is 2.57 bits per heavy atom. The molecule has 4 rings (SSSR count). The largest absolute Gasteiger partial charge is 0.416 e. The predicted octanol–water partition coefficient (Wildman–Crippen LogP) is 2.10. The molecule has 10 heteroatoms. The van der Waals surface area contributed by atoms with E-state index in [1.807, 2.05) is 0 Å². The van der Waals surface area contributed by atoms with Crippen LogP contribution in [0.5, 0.6) is 0 Å². The van der Waals surface area contributed by atoms with Crippen molar-refractivity contribution in [3.63, 3.8) is 0 Å². The van der Waals surface area contributed by atoms with Crippen LogP contribution >= 0.6 is 0 Å². The zero-order valence-electron chi connectivity index (χ0n) is 14.7. The van der Waals surface area contributed by atoms with Crippen LogP contribution in [0.2, 0.25) is 0 Å². The van der Waals surface area contributed by atoms with Crippen molar-refractivity contribution in [2.45, 2.75) is 18.5 Å². The predicted molar refractivity (Wildman–Crippen MR) is 94.4 cm³/mol. The molecular formula is C18H17F3N4O3. The standard InChI is InChI=1S/C18H17F3N4O3/c19-18(20,21)12-4-2-1-3-10(12)11-9-13(26)22-15-14(11)16(27)24-17(23-15)25-5-7-28-8-6-25/h1-4,11H,5-9H2,(H2,22,23,24,26,27). The van der Waals surface area contributed by atoms with Gasteiger partial charge in [0.05, 0.1) is 24.3 Å². The van der Waals surface area contributed by atoms with Crippen molar-refractivity contribution < 1.29 is 22.7 Å². The summed E-state index contributed by atoms with van der Waals surface area (Å²) in [6, 6.07) is 4.98. The first-order valence-corrected chi connectivity index (χ1v) is 8.77. The third kappa shape index (κ3) is 3.35. The number of amides is 1. The van der Waals surface area contributed by atoms with E-state index < -0.39 is 29.1 Å². The number of fused-ring (bicyclic) bond motifs is 1. The van der Waals surface area contributed by atoms with Crippen LogP contribution in [-0.4, -0.2) is 42.2 Å². The molecule has 1 unspecified atom stereocenters. The van der Waals surface area contributed by atoms with Gasteiger partial charge >= 0.3 is 6.18 Å². The second-order valence-electron chi connectivity index (χ2n) is 6.64. The van der Waals surface area contributed by atoms with Crippen LogP contribution in [0.25, 0.3) is 0 Å². The van der Waals surface area contributed by atoms with Crippen LogP contribution in [0.3, 0.4) is 0 Å².